The van der Waals surface area contributed by atoms with Crippen LogP contribution in [0.2, 0.25) is 0 Å². The average Bonchev–Trinajstić information content (AvgIpc) is 2.82. The Bertz CT molecular complexity index is 496. The number of rotatable bonds is 5. The predicted molar refractivity (Wildman–Crippen MR) is 71.3 cm³/mol. The Labute approximate surface area is 106 Å². The van der Waals surface area contributed by atoms with Gasteiger partial charge in [0.25, 0.3) is 0 Å². The maximum Gasteiger partial charge on any atom is 0.134 e. The van der Waals surface area contributed by atoms with Crippen LogP contribution in [0, 0.1) is 0 Å². The Morgan fingerprint density at radius 1 is 1.44 bits per heavy atom. The first-order chi connectivity index (χ1) is 8.70. The van der Waals surface area contributed by atoms with Crippen LogP contribution < -0.4 is 11.1 Å². The number of furan rings is 1. The number of hydrogen-bond acceptors (Lipinski definition) is 5. The van der Waals surface area contributed by atoms with E-state index in [2.05, 4.69) is 22.2 Å². The largest absolute Gasteiger partial charge is 0.469 e. The van der Waals surface area contributed by atoms with E-state index in [1.54, 1.807) is 6.26 Å². The molecular formula is C13H18N4O. The molecule has 2 rings (SSSR count). The number of anilines is 2. The van der Waals surface area contributed by atoms with Gasteiger partial charge in [-0.2, -0.15) is 0 Å². The van der Waals surface area contributed by atoms with E-state index < -0.39 is 0 Å². The minimum absolute atomic E-state index is 0.218. The molecule has 1 unspecified atom stereocenters. The number of nitrogens with two attached hydrogens (primary N) is 1. The normalized spacial score (nSPS) is 12.3. The van der Waals surface area contributed by atoms with E-state index in [1.807, 2.05) is 19.1 Å². The van der Waals surface area contributed by atoms with E-state index in [9.17, 15) is 0 Å². The lowest BCUT2D eigenvalue weighted by molar-refractivity contribution is 0.497. The van der Waals surface area contributed by atoms with Crippen molar-refractivity contribution in [1.29, 1.82) is 0 Å². The molecule has 0 fully saturated rings. The van der Waals surface area contributed by atoms with Crippen molar-refractivity contribution in [2.45, 2.75) is 32.7 Å². The predicted octanol–water partition coefficient (Wildman–Crippen LogP) is 2.26. The van der Waals surface area contributed by atoms with Gasteiger partial charge in [-0.15, -0.1) is 0 Å². The van der Waals surface area contributed by atoms with Crippen LogP contribution in [0.15, 0.2) is 29.1 Å². The van der Waals surface area contributed by atoms with Crippen LogP contribution >= 0.6 is 0 Å². The Kier molecular flexibility index (Phi) is 3.82. The van der Waals surface area contributed by atoms with Gasteiger partial charge in [-0.25, -0.2) is 9.97 Å². The highest BCUT2D eigenvalue weighted by Crippen LogP contribution is 2.19. The summed E-state index contributed by atoms with van der Waals surface area (Å²) in [6, 6.07) is 4.07. The maximum absolute atomic E-state index is 5.83. The van der Waals surface area contributed by atoms with Crippen molar-refractivity contribution in [1.82, 2.24) is 9.97 Å². The summed E-state index contributed by atoms with van der Waals surface area (Å²) in [7, 11) is 0. The lowest BCUT2D eigenvalue weighted by Crippen LogP contribution is -2.20. The van der Waals surface area contributed by atoms with Crippen LogP contribution in [0.1, 0.15) is 25.2 Å². The maximum atomic E-state index is 5.83. The van der Waals surface area contributed by atoms with Gasteiger partial charge in [-0.3, -0.25) is 0 Å². The third-order valence-corrected chi connectivity index (χ3v) is 2.80. The zero-order valence-electron chi connectivity index (χ0n) is 10.7. The molecule has 5 nitrogen and oxygen atoms in total. The lowest BCUT2D eigenvalue weighted by atomic mass is 10.1. The monoisotopic (exact) mass is 246 g/mol. The number of hydrogen-bond donors (Lipinski definition) is 2. The summed E-state index contributed by atoms with van der Waals surface area (Å²) >= 11 is 0. The molecule has 2 aromatic heterocycles. The average molecular weight is 246 g/mol. The Balaban J connectivity index is 2.07. The van der Waals surface area contributed by atoms with Gasteiger partial charge in [-0.05, 0) is 25.5 Å². The topological polar surface area (TPSA) is 77.0 Å². The SMILES string of the molecule is CCc1c(N)ncnc1NC(C)Cc1ccco1. The Morgan fingerprint density at radius 2 is 2.28 bits per heavy atom. The fraction of sp³-hybridized carbons (Fsp3) is 0.385. The molecule has 0 saturated carbocycles. The number of nitrogens with zero attached hydrogens (tertiary/aromatic N) is 2. The third kappa shape index (κ3) is 2.80. The summed E-state index contributed by atoms with van der Waals surface area (Å²) in [4.78, 5) is 8.25. The van der Waals surface area contributed by atoms with E-state index in [-0.39, 0.29) is 6.04 Å². The van der Waals surface area contributed by atoms with E-state index in [4.69, 9.17) is 10.2 Å². The highest BCUT2D eigenvalue weighted by atomic mass is 16.3. The standard InChI is InChI=1S/C13H18N4O/c1-3-11-12(14)15-8-16-13(11)17-9(2)7-10-5-4-6-18-10/h4-6,8-9H,3,7H2,1-2H3,(H3,14,15,16,17). The second-order valence-corrected chi connectivity index (χ2v) is 4.27. The van der Waals surface area contributed by atoms with Crippen molar-refractivity contribution >= 4 is 11.6 Å². The van der Waals surface area contributed by atoms with Crippen molar-refractivity contribution in [2.75, 3.05) is 11.1 Å². The minimum Gasteiger partial charge on any atom is -0.469 e. The number of nitrogen functional groups attached to an aromatic ring is 1. The van der Waals surface area contributed by atoms with E-state index in [0.717, 1.165) is 30.0 Å². The van der Waals surface area contributed by atoms with Crippen LogP contribution in [0.3, 0.4) is 0 Å². The number of aromatic nitrogens is 2. The van der Waals surface area contributed by atoms with Crippen LogP contribution in [0.25, 0.3) is 0 Å². The summed E-state index contributed by atoms with van der Waals surface area (Å²) in [6.07, 6.45) is 4.78. The molecule has 96 valence electrons. The first-order valence-corrected chi connectivity index (χ1v) is 6.09. The van der Waals surface area contributed by atoms with Crippen LogP contribution in [-0.4, -0.2) is 16.0 Å². The molecule has 5 heteroatoms. The summed E-state index contributed by atoms with van der Waals surface area (Å²) in [5.74, 6) is 2.30. The molecule has 0 saturated heterocycles. The Hall–Kier alpha value is -2.04. The second-order valence-electron chi connectivity index (χ2n) is 4.27. The smallest absolute Gasteiger partial charge is 0.134 e. The van der Waals surface area contributed by atoms with Gasteiger partial charge in [0.1, 0.15) is 23.7 Å². The molecule has 2 aromatic rings. The second kappa shape index (κ2) is 5.53. The molecule has 0 radical (unpaired) electrons. The highest BCUT2D eigenvalue weighted by molar-refractivity contribution is 5.55. The molecule has 2 heterocycles. The molecule has 0 bridgehead atoms. The van der Waals surface area contributed by atoms with E-state index in [0.29, 0.717) is 5.82 Å². The van der Waals surface area contributed by atoms with Crippen LogP contribution in [-0.2, 0) is 12.8 Å². The van der Waals surface area contributed by atoms with Gasteiger partial charge in [0, 0.05) is 18.0 Å². The summed E-state index contributed by atoms with van der Waals surface area (Å²) in [5, 5.41) is 3.35. The first-order valence-electron chi connectivity index (χ1n) is 6.09. The zero-order chi connectivity index (χ0) is 13.0. The van der Waals surface area contributed by atoms with Gasteiger partial charge in [-0.1, -0.05) is 6.92 Å². The van der Waals surface area contributed by atoms with Crippen molar-refractivity contribution in [2.24, 2.45) is 0 Å². The minimum atomic E-state index is 0.218. The summed E-state index contributed by atoms with van der Waals surface area (Å²) in [6.45, 7) is 4.12. The van der Waals surface area contributed by atoms with Gasteiger partial charge in [0.15, 0.2) is 0 Å². The van der Waals surface area contributed by atoms with Crippen molar-refractivity contribution < 1.29 is 4.42 Å². The van der Waals surface area contributed by atoms with Gasteiger partial charge in [0.05, 0.1) is 6.26 Å². The van der Waals surface area contributed by atoms with E-state index >= 15 is 0 Å². The van der Waals surface area contributed by atoms with Crippen LogP contribution in [0.5, 0.6) is 0 Å². The quantitative estimate of drug-likeness (QED) is 0.846. The van der Waals surface area contributed by atoms with Crippen molar-refractivity contribution in [3.05, 3.63) is 36.0 Å². The van der Waals surface area contributed by atoms with E-state index in [1.165, 1.54) is 6.33 Å². The molecular weight excluding hydrogens is 228 g/mol. The first kappa shape index (κ1) is 12.4. The molecule has 0 aliphatic carbocycles. The lowest BCUT2D eigenvalue weighted by Gasteiger charge is -2.16. The molecule has 0 aromatic carbocycles. The molecule has 18 heavy (non-hydrogen) atoms. The third-order valence-electron chi connectivity index (χ3n) is 2.80. The highest BCUT2D eigenvalue weighted by Gasteiger charge is 2.11. The molecule has 0 spiro atoms. The van der Waals surface area contributed by atoms with Gasteiger partial charge >= 0.3 is 0 Å². The zero-order valence-corrected chi connectivity index (χ0v) is 10.7. The Morgan fingerprint density at radius 3 is 2.94 bits per heavy atom. The van der Waals surface area contributed by atoms with Gasteiger partial charge < -0.3 is 15.5 Å². The fourth-order valence-corrected chi connectivity index (χ4v) is 1.91. The molecule has 0 aliphatic heterocycles. The molecule has 0 amide bonds. The summed E-state index contributed by atoms with van der Waals surface area (Å²) in [5.41, 5.74) is 6.80. The summed E-state index contributed by atoms with van der Waals surface area (Å²) < 4.78 is 5.32. The van der Waals surface area contributed by atoms with Crippen molar-refractivity contribution in [3.8, 4) is 0 Å². The van der Waals surface area contributed by atoms with Crippen molar-refractivity contribution in [3.63, 3.8) is 0 Å². The van der Waals surface area contributed by atoms with Crippen LogP contribution in [0.4, 0.5) is 11.6 Å². The fourth-order valence-electron chi connectivity index (χ4n) is 1.91. The molecule has 3 N–H and O–H groups in total. The number of nitrogens with one attached hydrogen (secondary N) is 1. The molecule has 1 atom stereocenters. The molecule has 0 aliphatic rings. The van der Waals surface area contributed by atoms with Gasteiger partial charge in [0.2, 0.25) is 0 Å².